The summed E-state index contributed by atoms with van der Waals surface area (Å²) < 4.78 is 13.1. The molecule has 0 heterocycles. The van der Waals surface area contributed by atoms with Gasteiger partial charge < -0.3 is 5.11 Å². The fraction of sp³-hybridized carbons (Fsp3) is 0.143. The third-order valence-corrected chi connectivity index (χ3v) is 3.90. The summed E-state index contributed by atoms with van der Waals surface area (Å²) in [6.07, 6.45) is -0.779. The molecule has 0 aromatic heterocycles. The van der Waals surface area contributed by atoms with Gasteiger partial charge in [-0.1, -0.05) is 29.8 Å². The summed E-state index contributed by atoms with van der Waals surface area (Å²) in [4.78, 5) is 1.06. The van der Waals surface area contributed by atoms with Crippen LogP contribution in [0.2, 0.25) is 5.02 Å². The summed E-state index contributed by atoms with van der Waals surface area (Å²) >= 11 is 7.44. The van der Waals surface area contributed by atoms with E-state index < -0.39 is 11.9 Å². The third-order valence-electron chi connectivity index (χ3n) is 2.47. The Bertz CT molecular complexity index is 518. The molecule has 0 bridgehead atoms. The lowest BCUT2D eigenvalue weighted by atomic mass is 10.1. The monoisotopic (exact) mass is 282 g/mol. The fourth-order valence-corrected chi connectivity index (χ4v) is 2.67. The first kappa shape index (κ1) is 13.4. The maximum Gasteiger partial charge on any atom is 0.123 e. The molecule has 94 valence electrons. The topological polar surface area (TPSA) is 20.2 Å². The van der Waals surface area contributed by atoms with Crippen molar-refractivity contribution < 1.29 is 9.50 Å². The van der Waals surface area contributed by atoms with E-state index in [9.17, 15) is 9.50 Å². The van der Waals surface area contributed by atoms with Crippen LogP contribution >= 0.6 is 23.4 Å². The molecule has 0 fully saturated rings. The van der Waals surface area contributed by atoms with Crippen molar-refractivity contribution in [3.63, 3.8) is 0 Å². The zero-order valence-corrected chi connectivity index (χ0v) is 11.1. The predicted molar refractivity (Wildman–Crippen MR) is 73.5 cm³/mol. The number of aliphatic hydroxyl groups excluding tert-OH is 1. The van der Waals surface area contributed by atoms with E-state index in [4.69, 9.17) is 11.6 Å². The molecule has 0 aliphatic carbocycles. The second-order valence-electron chi connectivity index (χ2n) is 3.81. The van der Waals surface area contributed by atoms with E-state index in [1.807, 2.05) is 30.3 Å². The molecule has 0 amide bonds. The smallest absolute Gasteiger partial charge is 0.123 e. The Morgan fingerprint density at radius 3 is 2.61 bits per heavy atom. The zero-order chi connectivity index (χ0) is 13.0. The van der Waals surface area contributed by atoms with Crippen molar-refractivity contribution in [3.8, 4) is 0 Å². The molecule has 1 nitrogen and oxygen atoms in total. The Morgan fingerprint density at radius 2 is 1.89 bits per heavy atom. The number of thioether (sulfide) groups is 1. The summed E-state index contributed by atoms with van der Waals surface area (Å²) in [7, 11) is 0. The zero-order valence-electron chi connectivity index (χ0n) is 9.51. The van der Waals surface area contributed by atoms with Gasteiger partial charge in [-0.2, -0.15) is 0 Å². The Kier molecular flexibility index (Phi) is 4.64. The molecule has 1 N–H and O–H groups in total. The van der Waals surface area contributed by atoms with Gasteiger partial charge in [0, 0.05) is 21.2 Å². The van der Waals surface area contributed by atoms with Crippen LogP contribution in [-0.4, -0.2) is 10.9 Å². The molecule has 0 aliphatic rings. The van der Waals surface area contributed by atoms with E-state index in [0.29, 0.717) is 16.3 Å². The van der Waals surface area contributed by atoms with Gasteiger partial charge in [0.25, 0.3) is 0 Å². The Balaban J connectivity index is 2.03. The van der Waals surface area contributed by atoms with Gasteiger partial charge in [-0.15, -0.1) is 11.8 Å². The SMILES string of the molecule is OC(CSc1ccccc1)c1cc(F)ccc1Cl. The summed E-state index contributed by atoms with van der Waals surface area (Å²) in [6.45, 7) is 0. The van der Waals surface area contributed by atoms with E-state index in [-0.39, 0.29) is 0 Å². The highest BCUT2D eigenvalue weighted by atomic mass is 35.5. The second-order valence-corrected chi connectivity index (χ2v) is 5.31. The van der Waals surface area contributed by atoms with Gasteiger partial charge >= 0.3 is 0 Å². The molecule has 1 unspecified atom stereocenters. The highest BCUT2D eigenvalue weighted by Crippen LogP contribution is 2.29. The molecule has 0 saturated carbocycles. The number of hydrogen-bond acceptors (Lipinski definition) is 2. The van der Waals surface area contributed by atoms with Gasteiger partial charge in [-0.25, -0.2) is 4.39 Å². The van der Waals surface area contributed by atoms with E-state index in [0.717, 1.165) is 4.90 Å². The molecule has 18 heavy (non-hydrogen) atoms. The van der Waals surface area contributed by atoms with Crippen LogP contribution in [0.4, 0.5) is 4.39 Å². The number of hydrogen-bond donors (Lipinski definition) is 1. The minimum Gasteiger partial charge on any atom is -0.387 e. The highest BCUT2D eigenvalue weighted by molar-refractivity contribution is 7.99. The molecular weight excluding hydrogens is 271 g/mol. The summed E-state index contributed by atoms with van der Waals surface area (Å²) in [5, 5.41) is 10.4. The van der Waals surface area contributed by atoms with Gasteiger partial charge in [-0.3, -0.25) is 0 Å². The Morgan fingerprint density at radius 1 is 1.17 bits per heavy atom. The van der Waals surface area contributed by atoms with Crippen LogP contribution in [0.25, 0.3) is 0 Å². The van der Waals surface area contributed by atoms with Crippen molar-refractivity contribution >= 4 is 23.4 Å². The maximum atomic E-state index is 13.1. The number of halogens is 2. The molecule has 2 aromatic rings. The van der Waals surface area contributed by atoms with Crippen molar-refractivity contribution in [2.24, 2.45) is 0 Å². The van der Waals surface area contributed by atoms with Crippen molar-refractivity contribution in [3.05, 3.63) is 64.9 Å². The summed E-state index contributed by atoms with van der Waals surface area (Å²) in [5.74, 6) is 0.0471. The average Bonchev–Trinajstić information content (AvgIpc) is 2.40. The standard InChI is InChI=1S/C14H12ClFOS/c15-13-7-6-10(16)8-12(13)14(17)9-18-11-4-2-1-3-5-11/h1-8,14,17H,9H2. The minimum atomic E-state index is -0.779. The first-order valence-electron chi connectivity index (χ1n) is 5.47. The van der Waals surface area contributed by atoms with Crippen LogP contribution in [-0.2, 0) is 0 Å². The van der Waals surface area contributed by atoms with Crippen LogP contribution in [0.5, 0.6) is 0 Å². The van der Waals surface area contributed by atoms with Crippen molar-refractivity contribution in [1.29, 1.82) is 0 Å². The van der Waals surface area contributed by atoms with Gasteiger partial charge in [0.1, 0.15) is 5.82 Å². The van der Waals surface area contributed by atoms with E-state index >= 15 is 0 Å². The molecule has 1 atom stereocenters. The molecule has 4 heteroatoms. The summed E-state index contributed by atoms with van der Waals surface area (Å²) in [6, 6.07) is 13.7. The first-order valence-corrected chi connectivity index (χ1v) is 6.84. The molecular formula is C14H12ClFOS. The fourth-order valence-electron chi connectivity index (χ4n) is 1.55. The van der Waals surface area contributed by atoms with Crippen LogP contribution in [0.15, 0.2) is 53.4 Å². The second kappa shape index (κ2) is 6.23. The lowest BCUT2D eigenvalue weighted by Gasteiger charge is -2.12. The number of aliphatic hydroxyl groups is 1. The molecule has 0 radical (unpaired) electrons. The van der Waals surface area contributed by atoms with Crippen molar-refractivity contribution in [2.75, 3.05) is 5.75 Å². The van der Waals surface area contributed by atoms with Gasteiger partial charge in [0.05, 0.1) is 6.10 Å². The molecule has 0 spiro atoms. The largest absolute Gasteiger partial charge is 0.387 e. The highest BCUT2D eigenvalue weighted by Gasteiger charge is 2.13. The Hall–Kier alpha value is -1.03. The van der Waals surface area contributed by atoms with E-state index in [1.54, 1.807) is 0 Å². The molecule has 2 rings (SSSR count). The van der Waals surface area contributed by atoms with Crippen LogP contribution in [0.3, 0.4) is 0 Å². The number of benzene rings is 2. The summed E-state index contributed by atoms with van der Waals surface area (Å²) in [5.41, 5.74) is 0.431. The Labute approximate surface area is 115 Å². The van der Waals surface area contributed by atoms with Gasteiger partial charge in [-0.05, 0) is 30.3 Å². The number of rotatable bonds is 4. The minimum absolute atomic E-state index is 0.387. The quantitative estimate of drug-likeness (QED) is 0.844. The van der Waals surface area contributed by atoms with Gasteiger partial charge in [0.15, 0.2) is 0 Å². The van der Waals surface area contributed by atoms with Crippen molar-refractivity contribution in [1.82, 2.24) is 0 Å². The first-order chi connectivity index (χ1) is 8.66. The molecule has 0 aliphatic heterocycles. The van der Waals surface area contributed by atoms with Gasteiger partial charge in [0.2, 0.25) is 0 Å². The van der Waals surface area contributed by atoms with E-state index in [1.165, 1.54) is 30.0 Å². The lowest BCUT2D eigenvalue weighted by Crippen LogP contribution is -2.02. The van der Waals surface area contributed by atoms with E-state index in [2.05, 4.69) is 0 Å². The maximum absolute atomic E-state index is 13.1. The molecule has 2 aromatic carbocycles. The van der Waals surface area contributed by atoms with Crippen LogP contribution in [0.1, 0.15) is 11.7 Å². The van der Waals surface area contributed by atoms with Crippen molar-refractivity contribution in [2.45, 2.75) is 11.0 Å². The normalized spacial score (nSPS) is 12.4. The molecule has 0 saturated heterocycles. The lowest BCUT2D eigenvalue weighted by molar-refractivity contribution is 0.203. The third kappa shape index (κ3) is 3.48. The van der Waals surface area contributed by atoms with Crippen LogP contribution < -0.4 is 0 Å². The van der Waals surface area contributed by atoms with Crippen LogP contribution in [0, 0.1) is 5.82 Å². The predicted octanol–water partition coefficient (Wildman–Crippen LogP) is 4.30. The average molecular weight is 283 g/mol.